The predicted octanol–water partition coefficient (Wildman–Crippen LogP) is 1.80. The summed E-state index contributed by atoms with van der Waals surface area (Å²) >= 11 is 1.69. The lowest BCUT2D eigenvalue weighted by molar-refractivity contribution is -0.119. The summed E-state index contributed by atoms with van der Waals surface area (Å²) in [5.41, 5.74) is 1.12. The molecule has 104 valence electrons. The molecule has 2 aliphatic heterocycles. The molecule has 0 saturated carbocycles. The molecule has 0 bridgehead atoms. The number of carbonyl (C=O) groups is 1. The lowest BCUT2D eigenvalue weighted by Gasteiger charge is -2.40. The lowest BCUT2D eigenvalue weighted by atomic mass is 9.79. The van der Waals surface area contributed by atoms with Crippen LogP contribution in [0, 0.1) is 5.41 Å². The van der Waals surface area contributed by atoms with Crippen LogP contribution in [0.4, 0.5) is 5.82 Å². The number of carbonyl (C=O) groups excluding carboxylic acids is 1. The smallest absolute Gasteiger partial charge is 0.220 e. The Hall–Kier alpha value is -1.69. The van der Waals surface area contributed by atoms with Crippen molar-refractivity contribution in [3.05, 3.63) is 17.8 Å². The largest absolute Gasteiger partial charge is 0.355 e. The number of amides is 1. The van der Waals surface area contributed by atoms with E-state index >= 15 is 0 Å². The molecule has 1 N–H and O–H groups in total. The van der Waals surface area contributed by atoms with Gasteiger partial charge in [-0.3, -0.25) is 4.79 Å². The molecule has 2 fully saturated rings. The zero-order valence-electron chi connectivity index (χ0n) is 11.1. The van der Waals surface area contributed by atoms with E-state index in [1.165, 1.54) is 0 Å². The fourth-order valence-electron chi connectivity index (χ4n) is 3.43. The minimum absolute atomic E-state index is 0.101. The summed E-state index contributed by atoms with van der Waals surface area (Å²) in [6.45, 7) is 2.73. The van der Waals surface area contributed by atoms with Crippen LogP contribution in [0.15, 0.2) is 17.8 Å². The summed E-state index contributed by atoms with van der Waals surface area (Å²) < 4.78 is 1.15. The van der Waals surface area contributed by atoms with Gasteiger partial charge in [-0.05, 0) is 24.3 Å². The summed E-state index contributed by atoms with van der Waals surface area (Å²) in [6.07, 6.45) is 4.54. The SMILES string of the molecule is O=C1CC2(CCCN(c3ncnc4ccsc34)C2)CN1. The van der Waals surface area contributed by atoms with Crippen LogP contribution in [0.5, 0.6) is 0 Å². The first kappa shape index (κ1) is 12.1. The Balaban J connectivity index is 1.68. The van der Waals surface area contributed by atoms with E-state index in [-0.39, 0.29) is 11.3 Å². The van der Waals surface area contributed by atoms with Gasteiger partial charge in [-0.25, -0.2) is 9.97 Å². The summed E-state index contributed by atoms with van der Waals surface area (Å²) in [4.78, 5) is 22.7. The standard InChI is InChI=1S/C14H16N4OS/c19-11-6-14(7-15-11)3-1-4-18(8-14)13-12-10(2-5-20-12)16-9-17-13/h2,5,9H,1,3-4,6-8H2,(H,15,19). The second-order valence-electron chi connectivity index (χ2n) is 5.81. The molecular formula is C14H16N4OS. The van der Waals surface area contributed by atoms with Crippen LogP contribution in [0.1, 0.15) is 19.3 Å². The van der Waals surface area contributed by atoms with Gasteiger partial charge in [0.25, 0.3) is 0 Å². The summed E-state index contributed by atoms with van der Waals surface area (Å²) in [5.74, 6) is 1.22. The van der Waals surface area contributed by atoms with Gasteiger partial charge in [-0.15, -0.1) is 11.3 Å². The molecule has 1 unspecified atom stereocenters. The Labute approximate surface area is 121 Å². The molecule has 1 spiro atoms. The molecule has 0 aromatic carbocycles. The number of aromatic nitrogens is 2. The third-order valence-corrected chi connectivity index (χ3v) is 5.28. The quantitative estimate of drug-likeness (QED) is 0.869. The Morgan fingerprint density at radius 3 is 3.20 bits per heavy atom. The first-order chi connectivity index (χ1) is 9.76. The van der Waals surface area contributed by atoms with Gasteiger partial charge in [0.05, 0.1) is 10.2 Å². The number of hydrogen-bond acceptors (Lipinski definition) is 5. The van der Waals surface area contributed by atoms with Gasteiger partial charge < -0.3 is 10.2 Å². The minimum atomic E-state index is 0.101. The molecule has 2 aliphatic rings. The zero-order chi connectivity index (χ0) is 13.6. The number of rotatable bonds is 1. The van der Waals surface area contributed by atoms with Crippen LogP contribution in [-0.2, 0) is 4.79 Å². The first-order valence-electron chi connectivity index (χ1n) is 6.96. The highest BCUT2D eigenvalue weighted by Crippen LogP contribution is 2.39. The fraction of sp³-hybridized carbons (Fsp3) is 0.500. The Kier molecular flexibility index (Phi) is 2.66. The Morgan fingerprint density at radius 2 is 2.35 bits per heavy atom. The van der Waals surface area contributed by atoms with Gasteiger partial charge >= 0.3 is 0 Å². The highest BCUT2D eigenvalue weighted by Gasteiger charge is 2.42. The molecule has 2 aromatic heterocycles. The minimum Gasteiger partial charge on any atom is -0.355 e. The van der Waals surface area contributed by atoms with Crippen molar-refractivity contribution in [2.75, 3.05) is 24.5 Å². The van der Waals surface area contributed by atoms with E-state index in [9.17, 15) is 4.79 Å². The number of anilines is 1. The van der Waals surface area contributed by atoms with Gasteiger partial charge in [0.2, 0.25) is 5.91 Å². The summed E-state index contributed by atoms with van der Waals surface area (Å²) in [6, 6.07) is 2.03. The van der Waals surface area contributed by atoms with E-state index in [1.807, 2.05) is 6.07 Å². The molecule has 0 radical (unpaired) electrons. The number of fused-ring (bicyclic) bond motifs is 1. The van der Waals surface area contributed by atoms with Crippen molar-refractivity contribution in [1.29, 1.82) is 0 Å². The molecule has 4 rings (SSSR count). The molecule has 2 saturated heterocycles. The topological polar surface area (TPSA) is 58.1 Å². The van der Waals surface area contributed by atoms with Gasteiger partial charge in [0, 0.05) is 31.5 Å². The third-order valence-electron chi connectivity index (χ3n) is 4.38. The van der Waals surface area contributed by atoms with E-state index in [4.69, 9.17) is 0 Å². The number of thiophene rings is 1. The Morgan fingerprint density at radius 1 is 1.40 bits per heavy atom. The van der Waals surface area contributed by atoms with Crippen LogP contribution in [-0.4, -0.2) is 35.5 Å². The van der Waals surface area contributed by atoms with Crippen molar-refractivity contribution in [3.8, 4) is 0 Å². The van der Waals surface area contributed by atoms with E-state index in [1.54, 1.807) is 17.7 Å². The number of nitrogens with zero attached hydrogens (tertiary/aromatic N) is 3. The monoisotopic (exact) mass is 288 g/mol. The predicted molar refractivity (Wildman–Crippen MR) is 78.9 cm³/mol. The molecule has 4 heterocycles. The van der Waals surface area contributed by atoms with Gasteiger partial charge in [-0.1, -0.05) is 0 Å². The first-order valence-corrected chi connectivity index (χ1v) is 7.84. The van der Waals surface area contributed by atoms with Crippen molar-refractivity contribution in [2.45, 2.75) is 19.3 Å². The van der Waals surface area contributed by atoms with Crippen molar-refractivity contribution >= 4 is 33.3 Å². The lowest BCUT2D eigenvalue weighted by Crippen LogP contribution is -2.44. The maximum absolute atomic E-state index is 11.6. The molecule has 1 atom stereocenters. The average molecular weight is 288 g/mol. The molecule has 2 aromatic rings. The maximum atomic E-state index is 11.6. The molecular weight excluding hydrogens is 272 g/mol. The molecule has 20 heavy (non-hydrogen) atoms. The van der Waals surface area contributed by atoms with Crippen LogP contribution in [0.2, 0.25) is 0 Å². The maximum Gasteiger partial charge on any atom is 0.220 e. The summed E-state index contributed by atoms with van der Waals surface area (Å²) in [5, 5.41) is 5.05. The molecule has 6 heteroatoms. The van der Waals surface area contributed by atoms with Crippen LogP contribution < -0.4 is 10.2 Å². The highest BCUT2D eigenvalue weighted by atomic mass is 32.1. The molecule has 1 amide bonds. The van der Waals surface area contributed by atoms with Crippen LogP contribution >= 0.6 is 11.3 Å². The van der Waals surface area contributed by atoms with E-state index in [0.29, 0.717) is 6.42 Å². The van der Waals surface area contributed by atoms with Crippen LogP contribution in [0.25, 0.3) is 10.2 Å². The normalized spacial score (nSPS) is 26.4. The van der Waals surface area contributed by atoms with Crippen molar-refractivity contribution in [1.82, 2.24) is 15.3 Å². The highest BCUT2D eigenvalue weighted by molar-refractivity contribution is 7.17. The molecule has 0 aliphatic carbocycles. The number of hydrogen-bond donors (Lipinski definition) is 1. The van der Waals surface area contributed by atoms with Crippen molar-refractivity contribution in [2.24, 2.45) is 5.41 Å². The van der Waals surface area contributed by atoms with E-state index in [2.05, 4.69) is 25.6 Å². The summed E-state index contributed by atoms with van der Waals surface area (Å²) in [7, 11) is 0. The zero-order valence-corrected chi connectivity index (χ0v) is 11.9. The third kappa shape index (κ3) is 1.86. The number of nitrogens with one attached hydrogen (secondary N) is 1. The number of piperidine rings is 1. The average Bonchev–Trinajstić information content (AvgIpc) is 3.06. The van der Waals surface area contributed by atoms with Gasteiger partial charge in [0.15, 0.2) is 0 Å². The van der Waals surface area contributed by atoms with Crippen molar-refractivity contribution < 1.29 is 4.79 Å². The fourth-order valence-corrected chi connectivity index (χ4v) is 4.29. The second-order valence-corrected chi connectivity index (χ2v) is 6.73. The van der Waals surface area contributed by atoms with Crippen LogP contribution in [0.3, 0.4) is 0 Å². The van der Waals surface area contributed by atoms with E-state index in [0.717, 1.165) is 48.5 Å². The van der Waals surface area contributed by atoms with Gasteiger partial charge in [0.1, 0.15) is 12.1 Å². The Bertz CT molecular complexity index is 670. The van der Waals surface area contributed by atoms with E-state index < -0.39 is 0 Å². The van der Waals surface area contributed by atoms with Crippen molar-refractivity contribution in [3.63, 3.8) is 0 Å². The molecule has 5 nitrogen and oxygen atoms in total. The van der Waals surface area contributed by atoms with Gasteiger partial charge in [-0.2, -0.15) is 0 Å². The second kappa shape index (κ2) is 4.41.